The van der Waals surface area contributed by atoms with Crippen molar-refractivity contribution >= 4 is 17.7 Å². The molecule has 0 saturated heterocycles. The first-order chi connectivity index (χ1) is 5.99. The van der Waals surface area contributed by atoms with E-state index < -0.39 is 0 Å². The lowest BCUT2D eigenvalue weighted by Gasteiger charge is -2.17. The van der Waals surface area contributed by atoms with Crippen molar-refractivity contribution < 1.29 is 4.79 Å². The molecule has 3 nitrogen and oxygen atoms in total. The molecular weight excluding hydrogens is 184 g/mol. The molecule has 0 aromatic heterocycles. The number of nitrogens with one attached hydrogen (secondary N) is 1. The third-order valence-corrected chi connectivity index (χ3v) is 3.90. The summed E-state index contributed by atoms with van der Waals surface area (Å²) in [4.78, 5) is 11.0. The predicted molar refractivity (Wildman–Crippen MR) is 58.3 cm³/mol. The van der Waals surface area contributed by atoms with Gasteiger partial charge in [-0.05, 0) is 5.92 Å². The highest BCUT2D eigenvalue weighted by molar-refractivity contribution is 7.99. The van der Waals surface area contributed by atoms with Gasteiger partial charge >= 0.3 is 0 Å². The summed E-state index contributed by atoms with van der Waals surface area (Å²) < 4.78 is 0. The van der Waals surface area contributed by atoms with E-state index in [4.69, 9.17) is 5.84 Å². The lowest BCUT2D eigenvalue weighted by Crippen LogP contribution is -2.35. The van der Waals surface area contributed by atoms with Gasteiger partial charge in [-0.2, -0.15) is 11.8 Å². The summed E-state index contributed by atoms with van der Waals surface area (Å²) in [7, 11) is 0. The van der Waals surface area contributed by atoms with Crippen LogP contribution in [0, 0.1) is 11.8 Å². The van der Waals surface area contributed by atoms with Gasteiger partial charge in [0.2, 0.25) is 5.91 Å². The maximum atomic E-state index is 11.0. The summed E-state index contributed by atoms with van der Waals surface area (Å²) in [6.45, 7) is 8.45. The van der Waals surface area contributed by atoms with Crippen LogP contribution in [0.5, 0.6) is 0 Å². The van der Waals surface area contributed by atoms with Gasteiger partial charge in [0, 0.05) is 16.9 Å². The average Bonchev–Trinajstić information content (AvgIpc) is 2.11. The van der Waals surface area contributed by atoms with Gasteiger partial charge < -0.3 is 0 Å². The first-order valence-electron chi connectivity index (χ1n) is 4.61. The van der Waals surface area contributed by atoms with Crippen LogP contribution in [0.1, 0.15) is 27.7 Å². The largest absolute Gasteiger partial charge is 0.294 e. The molecule has 0 rings (SSSR count). The first kappa shape index (κ1) is 12.8. The van der Waals surface area contributed by atoms with Crippen LogP contribution < -0.4 is 11.3 Å². The monoisotopic (exact) mass is 204 g/mol. The van der Waals surface area contributed by atoms with Gasteiger partial charge in [0.1, 0.15) is 0 Å². The molecule has 2 unspecified atom stereocenters. The van der Waals surface area contributed by atoms with E-state index in [0.717, 1.165) is 5.75 Å². The number of thioether (sulfide) groups is 1. The Labute approximate surface area is 84.8 Å². The number of nitrogens with two attached hydrogens (primary N) is 1. The third-order valence-electron chi connectivity index (χ3n) is 2.14. The first-order valence-corrected chi connectivity index (χ1v) is 5.66. The minimum Gasteiger partial charge on any atom is -0.294 e. The predicted octanol–water partition coefficient (Wildman–Crippen LogP) is 1.39. The van der Waals surface area contributed by atoms with Gasteiger partial charge in [-0.25, -0.2) is 5.84 Å². The number of carbonyl (C=O) groups is 1. The number of hydrogen-bond acceptors (Lipinski definition) is 3. The van der Waals surface area contributed by atoms with Crippen molar-refractivity contribution in [3.8, 4) is 0 Å². The zero-order valence-corrected chi connectivity index (χ0v) is 9.65. The molecule has 0 aliphatic rings. The lowest BCUT2D eigenvalue weighted by molar-refractivity contribution is -0.123. The standard InChI is InChI=1S/C9H20N2OS/c1-6(2)8(4)13-5-7(3)9(12)11-10/h6-8H,5,10H2,1-4H3,(H,11,12). The Morgan fingerprint density at radius 1 is 1.38 bits per heavy atom. The molecule has 78 valence electrons. The number of amides is 1. The van der Waals surface area contributed by atoms with Crippen LogP contribution in [0.25, 0.3) is 0 Å². The van der Waals surface area contributed by atoms with E-state index in [0.29, 0.717) is 11.2 Å². The summed E-state index contributed by atoms with van der Waals surface area (Å²) in [5.74, 6) is 6.43. The molecule has 0 spiro atoms. The second kappa shape index (κ2) is 6.27. The molecule has 4 heteroatoms. The van der Waals surface area contributed by atoms with Crippen molar-refractivity contribution in [2.45, 2.75) is 32.9 Å². The van der Waals surface area contributed by atoms with Crippen LogP contribution in [0.15, 0.2) is 0 Å². The van der Waals surface area contributed by atoms with Gasteiger partial charge in [-0.1, -0.05) is 27.7 Å². The molecule has 1 amide bonds. The van der Waals surface area contributed by atoms with E-state index in [9.17, 15) is 4.79 Å². The third kappa shape index (κ3) is 5.16. The van der Waals surface area contributed by atoms with Crippen LogP contribution in [0.2, 0.25) is 0 Å². The van der Waals surface area contributed by atoms with E-state index in [-0.39, 0.29) is 11.8 Å². The zero-order chi connectivity index (χ0) is 10.4. The molecule has 0 aliphatic carbocycles. The Hall–Kier alpha value is -0.220. The van der Waals surface area contributed by atoms with Crippen LogP contribution in [-0.4, -0.2) is 16.9 Å². The van der Waals surface area contributed by atoms with E-state index >= 15 is 0 Å². The maximum absolute atomic E-state index is 11.0. The Morgan fingerprint density at radius 3 is 2.31 bits per heavy atom. The fourth-order valence-corrected chi connectivity index (χ4v) is 1.84. The van der Waals surface area contributed by atoms with Crippen molar-refractivity contribution in [3.05, 3.63) is 0 Å². The number of hydrogen-bond donors (Lipinski definition) is 2. The van der Waals surface area contributed by atoms with Crippen LogP contribution in [-0.2, 0) is 4.79 Å². The van der Waals surface area contributed by atoms with Gasteiger partial charge in [-0.15, -0.1) is 0 Å². The van der Waals surface area contributed by atoms with Crippen LogP contribution >= 0.6 is 11.8 Å². The van der Waals surface area contributed by atoms with Crippen molar-refractivity contribution in [1.29, 1.82) is 0 Å². The minimum atomic E-state index is -0.0801. The van der Waals surface area contributed by atoms with E-state index in [1.165, 1.54) is 0 Å². The fourth-order valence-electron chi connectivity index (χ4n) is 0.707. The molecule has 13 heavy (non-hydrogen) atoms. The lowest BCUT2D eigenvalue weighted by atomic mass is 10.2. The molecule has 2 atom stereocenters. The number of rotatable bonds is 5. The van der Waals surface area contributed by atoms with Crippen molar-refractivity contribution in [2.24, 2.45) is 17.7 Å². The number of hydrazine groups is 1. The Balaban J connectivity index is 3.69. The van der Waals surface area contributed by atoms with Crippen LogP contribution in [0.3, 0.4) is 0 Å². The summed E-state index contributed by atoms with van der Waals surface area (Å²) in [5.41, 5.74) is 2.17. The average molecular weight is 204 g/mol. The fraction of sp³-hybridized carbons (Fsp3) is 0.889. The van der Waals surface area contributed by atoms with E-state index in [1.54, 1.807) is 0 Å². The molecule has 0 radical (unpaired) electrons. The van der Waals surface area contributed by atoms with Gasteiger partial charge in [0.25, 0.3) is 0 Å². The Morgan fingerprint density at radius 2 is 1.92 bits per heavy atom. The van der Waals surface area contributed by atoms with E-state index in [2.05, 4.69) is 26.2 Å². The zero-order valence-electron chi connectivity index (χ0n) is 8.83. The Kier molecular flexibility index (Phi) is 6.16. The summed E-state index contributed by atoms with van der Waals surface area (Å²) >= 11 is 1.82. The second-order valence-electron chi connectivity index (χ2n) is 3.69. The maximum Gasteiger partial charge on any atom is 0.237 e. The quantitative estimate of drug-likeness (QED) is 0.404. The summed E-state index contributed by atoms with van der Waals surface area (Å²) in [5, 5.41) is 0.591. The summed E-state index contributed by atoms with van der Waals surface area (Å²) in [6, 6.07) is 0. The molecular formula is C9H20N2OS. The highest BCUT2D eigenvalue weighted by atomic mass is 32.2. The molecule has 0 fully saturated rings. The van der Waals surface area contributed by atoms with Gasteiger partial charge in [-0.3, -0.25) is 10.2 Å². The molecule has 0 bridgehead atoms. The van der Waals surface area contributed by atoms with Crippen LogP contribution in [0.4, 0.5) is 0 Å². The highest BCUT2D eigenvalue weighted by Gasteiger charge is 2.14. The van der Waals surface area contributed by atoms with Gasteiger partial charge in [0.15, 0.2) is 0 Å². The van der Waals surface area contributed by atoms with Gasteiger partial charge in [0.05, 0.1) is 0 Å². The number of carbonyl (C=O) groups excluding carboxylic acids is 1. The molecule has 0 aromatic rings. The van der Waals surface area contributed by atoms with Crippen molar-refractivity contribution in [1.82, 2.24) is 5.43 Å². The second-order valence-corrected chi connectivity index (χ2v) is 5.10. The molecule has 0 aromatic carbocycles. The normalized spacial score (nSPS) is 15.5. The van der Waals surface area contributed by atoms with Crippen molar-refractivity contribution in [3.63, 3.8) is 0 Å². The minimum absolute atomic E-state index is 0.00352. The SMILES string of the molecule is CC(CSC(C)C(C)C)C(=O)NN. The smallest absolute Gasteiger partial charge is 0.237 e. The topological polar surface area (TPSA) is 55.1 Å². The highest BCUT2D eigenvalue weighted by Crippen LogP contribution is 2.20. The molecule has 0 saturated carbocycles. The summed E-state index contributed by atoms with van der Waals surface area (Å²) in [6.07, 6.45) is 0. The van der Waals surface area contributed by atoms with Crippen molar-refractivity contribution in [2.75, 3.05) is 5.75 Å². The molecule has 0 heterocycles. The van der Waals surface area contributed by atoms with E-state index in [1.807, 2.05) is 18.7 Å². The molecule has 3 N–H and O–H groups in total. The Bertz CT molecular complexity index is 162. The molecule has 0 aliphatic heterocycles.